The summed E-state index contributed by atoms with van der Waals surface area (Å²) in [5.41, 5.74) is 1.71. The van der Waals surface area contributed by atoms with Crippen LogP contribution in [0, 0.1) is 5.82 Å². The van der Waals surface area contributed by atoms with Gasteiger partial charge in [0.15, 0.2) is 0 Å². The SMILES string of the molecule is O=C(NCCCc1cccc(F)c1)NCC(O)c1ccsc1. The molecule has 0 spiro atoms. The number of aliphatic hydroxyl groups excluding tert-OH is 1. The summed E-state index contributed by atoms with van der Waals surface area (Å²) in [4.78, 5) is 11.6. The molecule has 0 fully saturated rings. The van der Waals surface area contributed by atoms with Crippen LogP contribution in [0.1, 0.15) is 23.7 Å². The highest BCUT2D eigenvalue weighted by molar-refractivity contribution is 7.07. The average Bonchev–Trinajstić information content (AvgIpc) is 3.04. The molecule has 1 heterocycles. The van der Waals surface area contributed by atoms with Crippen LogP contribution in [0.15, 0.2) is 41.1 Å². The van der Waals surface area contributed by atoms with Crippen molar-refractivity contribution in [2.45, 2.75) is 18.9 Å². The fourth-order valence-corrected chi connectivity index (χ4v) is 2.73. The fraction of sp³-hybridized carbons (Fsp3) is 0.312. The average molecular weight is 322 g/mol. The first-order chi connectivity index (χ1) is 10.6. The molecule has 2 amide bonds. The van der Waals surface area contributed by atoms with Gasteiger partial charge in [-0.2, -0.15) is 11.3 Å². The van der Waals surface area contributed by atoms with E-state index >= 15 is 0 Å². The lowest BCUT2D eigenvalue weighted by Crippen LogP contribution is -2.38. The van der Waals surface area contributed by atoms with E-state index in [1.807, 2.05) is 22.9 Å². The van der Waals surface area contributed by atoms with Crippen molar-refractivity contribution in [2.24, 2.45) is 0 Å². The molecule has 4 nitrogen and oxygen atoms in total. The molecule has 0 saturated carbocycles. The van der Waals surface area contributed by atoms with Crippen molar-refractivity contribution >= 4 is 17.4 Å². The molecule has 6 heteroatoms. The summed E-state index contributed by atoms with van der Waals surface area (Å²) < 4.78 is 13.0. The molecule has 0 aliphatic carbocycles. The summed E-state index contributed by atoms with van der Waals surface area (Å²) in [6, 6.07) is 7.96. The van der Waals surface area contributed by atoms with Crippen LogP contribution in [-0.4, -0.2) is 24.2 Å². The van der Waals surface area contributed by atoms with E-state index in [0.717, 1.165) is 17.5 Å². The van der Waals surface area contributed by atoms with E-state index in [-0.39, 0.29) is 18.4 Å². The van der Waals surface area contributed by atoms with Crippen molar-refractivity contribution in [1.82, 2.24) is 10.6 Å². The number of aryl methyl sites for hydroxylation is 1. The van der Waals surface area contributed by atoms with Gasteiger partial charge in [0.1, 0.15) is 5.82 Å². The van der Waals surface area contributed by atoms with Crippen LogP contribution in [-0.2, 0) is 6.42 Å². The lowest BCUT2D eigenvalue weighted by molar-refractivity contribution is 0.173. The summed E-state index contributed by atoms with van der Waals surface area (Å²) in [5, 5.41) is 18.9. The molecule has 1 aromatic carbocycles. The molecule has 2 aromatic rings. The maximum atomic E-state index is 13.0. The number of amides is 2. The Hall–Kier alpha value is -1.92. The molecule has 1 aromatic heterocycles. The van der Waals surface area contributed by atoms with Crippen LogP contribution < -0.4 is 10.6 Å². The number of hydrogen-bond donors (Lipinski definition) is 3. The van der Waals surface area contributed by atoms with Crippen LogP contribution in [0.25, 0.3) is 0 Å². The summed E-state index contributed by atoms with van der Waals surface area (Å²) in [6.07, 6.45) is 0.740. The van der Waals surface area contributed by atoms with Gasteiger partial charge < -0.3 is 15.7 Å². The van der Waals surface area contributed by atoms with E-state index in [0.29, 0.717) is 13.0 Å². The first-order valence-corrected chi connectivity index (χ1v) is 8.06. The monoisotopic (exact) mass is 322 g/mol. The van der Waals surface area contributed by atoms with Gasteiger partial charge in [-0.3, -0.25) is 0 Å². The lowest BCUT2D eigenvalue weighted by Gasteiger charge is -2.11. The number of aliphatic hydroxyl groups is 1. The minimum absolute atomic E-state index is 0.173. The third-order valence-electron chi connectivity index (χ3n) is 3.20. The summed E-state index contributed by atoms with van der Waals surface area (Å²) in [6.45, 7) is 0.670. The molecule has 0 aliphatic heterocycles. The van der Waals surface area contributed by atoms with Crippen molar-refractivity contribution in [3.8, 4) is 0 Å². The Kier molecular flexibility index (Phi) is 6.36. The van der Waals surface area contributed by atoms with Gasteiger partial charge in [0.2, 0.25) is 0 Å². The minimum atomic E-state index is -0.690. The van der Waals surface area contributed by atoms with Crippen molar-refractivity contribution < 1.29 is 14.3 Å². The molecule has 118 valence electrons. The van der Waals surface area contributed by atoms with Gasteiger partial charge in [-0.15, -0.1) is 0 Å². The summed E-state index contributed by atoms with van der Waals surface area (Å²) in [5.74, 6) is -0.245. The van der Waals surface area contributed by atoms with Crippen LogP contribution in [0.5, 0.6) is 0 Å². The van der Waals surface area contributed by atoms with Crippen LogP contribution >= 0.6 is 11.3 Å². The Labute approximate surface area is 133 Å². The summed E-state index contributed by atoms with van der Waals surface area (Å²) >= 11 is 1.50. The molecule has 0 aliphatic rings. The van der Waals surface area contributed by atoms with Gasteiger partial charge in [0.05, 0.1) is 6.10 Å². The van der Waals surface area contributed by atoms with Crippen molar-refractivity contribution in [2.75, 3.05) is 13.1 Å². The Morgan fingerprint density at radius 2 is 2.18 bits per heavy atom. The number of benzene rings is 1. The molecule has 0 radical (unpaired) electrons. The first-order valence-electron chi connectivity index (χ1n) is 7.11. The number of nitrogens with one attached hydrogen (secondary N) is 2. The number of carbonyl (C=O) groups excluding carboxylic acids is 1. The Balaban J connectivity index is 1.60. The van der Waals surface area contributed by atoms with Crippen molar-refractivity contribution in [1.29, 1.82) is 0 Å². The lowest BCUT2D eigenvalue weighted by atomic mass is 10.1. The molecule has 1 atom stereocenters. The Morgan fingerprint density at radius 1 is 1.32 bits per heavy atom. The van der Waals surface area contributed by atoms with E-state index in [9.17, 15) is 14.3 Å². The van der Waals surface area contributed by atoms with Crippen molar-refractivity contribution in [3.05, 3.63) is 58.0 Å². The molecular weight excluding hydrogens is 303 g/mol. The smallest absolute Gasteiger partial charge is 0.314 e. The molecule has 0 saturated heterocycles. The second kappa shape index (κ2) is 8.51. The third kappa shape index (κ3) is 5.46. The van der Waals surface area contributed by atoms with Gasteiger partial charge in [0.25, 0.3) is 0 Å². The van der Waals surface area contributed by atoms with E-state index < -0.39 is 6.10 Å². The second-order valence-corrected chi connectivity index (χ2v) is 5.72. The predicted octanol–water partition coefficient (Wildman–Crippen LogP) is 2.85. The van der Waals surface area contributed by atoms with Gasteiger partial charge in [0, 0.05) is 13.1 Å². The van der Waals surface area contributed by atoms with E-state index in [4.69, 9.17) is 0 Å². The van der Waals surface area contributed by atoms with Crippen molar-refractivity contribution in [3.63, 3.8) is 0 Å². The van der Waals surface area contributed by atoms with Gasteiger partial charge in [-0.05, 0) is 52.9 Å². The van der Waals surface area contributed by atoms with Crippen LogP contribution in [0.3, 0.4) is 0 Å². The molecule has 3 N–H and O–H groups in total. The summed E-state index contributed by atoms with van der Waals surface area (Å²) in [7, 11) is 0. The van der Waals surface area contributed by atoms with Crippen LogP contribution in [0.2, 0.25) is 0 Å². The Bertz CT molecular complexity index is 590. The molecule has 0 bridgehead atoms. The van der Waals surface area contributed by atoms with Crippen LogP contribution in [0.4, 0.5) is 9.18 Å². The molecule has 1 unspecified atom stereocenters. The molecular formula is C16H19FN2O2S. The third-order valence-corrected chi connectivity index (χ3v) is 3.90. The number of hydrogen-bond acceptors (Lipinski definition) is 3. The standard InChI is InChI=1S/C16H19FN2O2S/c17-14-5-1-3-12(9-14)4-2-7-18-16(21)19-10-15(20)13-6-8-22-11-13/h1,3,5-6,8-9,11,15,20H,2,4,7,10H2,(H2,18,19,21). The fourth-order valence-electron chi connectivity index (χ4n) is 2.02. The minimum Gasteiger partial charge on any atom is -0.387 e. The number of rotatable bonds is 7. The second-order valence-electron chi connectivity index (χ2n) is 4.94. The molecule has 2 rings (SSSR count). The highest BCUT2D eigenvalue weighted by Crippen LogP contribution is 2.14. The van der Waals surface area contributed by atoms with E-state index in [2.05, 4.69) is 10.6 Å². The zero-order chi connectivity index (χ0) is 15.8. The first kappa shape index (κ1) is 16.5. The highest BCUT2D eigenvalue weighted by Gasteiger charge is 2.09. The largest absolute Gasteiger partial charge is 0.387 e. The Morgan fingerprint density at radius 3 is 2.91 bits per heavy atom. The maximum Gasteiger partial charge on any atom is 0.314 e. The van der Waals surface area contributed by atoms with E-state index in [1.54, 1.807) is 6.07 Å². The van der Waals surface area contributed by atoms with Gasteiger partial charge in [-0.1, -0.05) is 12.1 Å². The van der Waals surface area contributed by atoms with Gasteiger partial charge in [-0.25, -0.2) is 9.18 Å². The number of thiophene rings is 1. The number of carbonyl (C=O) groups is 1. The van der Waals surface area contributed by atoms with Gasteiger partial charge >= 0.3 is 6.03 Å². The van der Waals surface area contributed by atoms with E-state index in [1.165, 1.54) is 23.5 Å². The number of urea groups is 1. The zero-order valence-corrected chi connectivity index (χ0v) is 12.9. The maximum absolute atomic E-state index is 13.0. The normalized spacial score (nSPS) is 11.9. The topological polar surface area (TPSA) is 61.4 Å². The quantitative estimate of drug-likeness (QED) is 0.687. The number of halogens is 1. The zero-order valence-electron chi connectivity index (χ0n) is 12.1. The molecule has 22 heavy (non-hydrogen) atoms. The highest BCUT2D eigenvalue weighted by atomic mass is 32.1. The predicted molar refractivity (Wildman–Crippen MR) is 85.4 cm³/mol.